The Labute approximate surface area is 119 Å². The number of aryl methyl sites for hydroxylation is 2. The maximum Gasteiger partial charge on any atom is 0.181 e. The van der Waals surface area contributed by atoms with Crippen molar-refractivity contribution in [2.24, 2.45) is 0 Å². The number of benzene rings is 1. The molecule has 96 valence electrons. The van der Waals surface area contributed by atoms with Gasteiger partial charge in [0.05, 0.1) is 16.1 Å². The molecule has 0 radical (unpaired) electrons. The SMILES string of the molecule is CCOc1cccc(CCc2nc(N)sc2Br)c1. The van der Waals surface area contributed by atoms with Crippen LogP contribution >= 0.6 is 27.3 Å². The average molecular weight is 327 g/mol. The van der Waals surface area contributed by atoms with Crippen molar-refractivity contribution in [3.05, 3.63) is 39.3 Å². The van der Waals surface area contributed by atoms with Crippen molar-refractivity contribution in [2.45, 2.75) is 19.8 Å². The fourth-order valence-corrected chi connectivity index (χ4v) is 3.11. The molecule has 0 spiro atoms. The average Bonchev–Trinajstić information content (AvgIpc) is 2.66. The van der Waals surface area contributed by atoms with Crippen LogP contribution in [-0.2, 0) is 12.8 Å². The van der Waals surface area contributed by atoms with Crippen molar-refractivity contribution in [1.82, 2.24) is 4.98 Å². The van der Waals surface area contributed by atoms with E-state index >= 15 is 0 Å². The van der Waals surface area contributed by atoms with E-state index in [0.717, 1.165) is 28.1 Å². The number of nitrogens with zero attached hydrogens (tertiary/aromatic N) is 1. The third kappa shape index (κ3) is 3.46. The lowest BCUT2D eigenvalue weighted by atomic mass is 10.1. The van der Waals surface area contributed by atoms with Crippen LogP contribution in [0.3, 0.4) is 0 Å². The number of ether oxygens (including phenoxy) is 1. The number of nitrogens with two attached hydrogens (primary N) is 1. The van der Waals surface area contributed by atoms with Crippen LogP contribution in [0.15, 0.2) is 28.1 Å². The minimum Gasteiger partial charge on any atom is -0.494 e. The highest BCUT2D eigenvalue weighted by Gasteiger charge is 2.07. The van der Waals surface area contributed by atoms with Gasteiger partial charge in [-0.1, -0.05) is 23.5 Å². The van der Waals surface area contributed by atoms with Gasteiger partial charge in [-0.2, -0.15) is 0 Å². The Morgan fingerprint density at radius 2 is 2.22 bits per heavy atom. The standard InChI is InChI=1S/C13H15BrN2OS/c1-2-17-10-5-3-4-9(8-10)6-7-11-12(14)18-13(15)16-11/h3-5,8H,2,6-7H2,1H3,(H2,15,16). The Morgan fingerprint density at radius 1 is 1.39 bits per heavy atom. The van der Waals surface area contributed by atoms with E-state index in [1.165, 1.54) is 16.9 Å². The molecule has 0 bridgehead atoms. The molecule has 0 aliphatic heterocycles. The van der Waals surface area contributed by atoms with E-state index in [9.17, 15) is 0 Å². The predicted molar refractivity (Wildman–Crippen MR) is 79.2 cm³/mol. The highest BCUT2D eigenvalue weighted by Crippen LogP contribution is 2.27. The van der Waals surface area contributed by atoms with E-state index in [0.29, 0.717) is 11.7 Å². The molecule has 3 nitrogen and oxygen atoms in total. The van der Waals surface area contributed by atoms with Crippen LogP contribution in [0.1, 0.15) is 18.2 Å². The molecule has 2 rings (SSSR count). The van der Waals surface area contributed by atoms with Gasteiger partial charge in [0.2, 0.25) is 0 Å². The Morgan fingerprint density at radius 3 is 2.89 bits per heavy atom. The van der Waals surface area contributed by atoms with Gasteiger partial charge in [-0.25, -0.2) is 4.98 Å². The lowest BCUT2D eigenvalue weighted by Crippen LogP contribution is -1.95. The minimum atomic E-state index is 0.611. The number of anilines is 1. The summed E-state index contributed by atoms with van der Waals surface area (Å²) in [5, 5.41) is 0.611. The third-order valence-corrected chi connectivity index (χ3v) is 4.18. The number of nitrogen functional groups attached to an aromatic ring is 1. The van der Waals surface area contributed by atoms with Crippen LogP contribution in [0.4, 0.5) is 5.13 Å². The quantitative estimate of drug-likeness (QED) is 0.911. The Kier molecular flexibility index (Phi) is 4.60. The Bertz CT molecular complexity index is 527. The fourth-order valence-electron chi connectivity index (χ4n) is 1.72. The van der Waals surface area contributed by atoms with Crippen molar-refractivity contribution in [1.29, 1.82) is 0 Å². The number of hydrogen-bond acceptors (Lipinski definition) is 4. The molecular weight excluding hydrogens is 312 g/mol. The summed E-state index contributed by atoms with van der Waals surface area (Å²) in [6, 6.07) is 8.17. The molecular formula is C13H15BrN2OS. The maximum absolute atomic E-state index is 5.67. The van der Waals surface area contributed by atoms with E-state index in [-0.39, 0.29) is 0 Å². The number of hydrogen-bond donors (Lipinski definition) is 1. The molecule has 5 heteroatoms. The normalized spacial score (nSPS) is 10.6. The second-order valence-electron chi connectivity index (χ2n) is 3.85. The van der Waals surface area contributed by atoms with Gasteiger partial charge in [0.1, 0.15) is 5.75 Å². The van der Waals surface area contributed by atoms with Gasteiger partial charge in [-0.3, -0.25) is 0 Å². The third-order valence-electron chi connectivity index (χ3n) is 2.53. The van der Waals surface area contributed by atoms with Crippen molar-refractivity contribution in [2.75, 3.05) is 12.3 Å². The van der Waals surface area contributed by atoms with Gasteiger partial charge in [-0.05, 0) is 53.4 Å². The van der Waals surface area contributed by atoms with Gasteiger partial charge in [-0.15, -0.1) is 0 Å². The number of rotatable bonds is 5. The lowest BCUT2D eigenvalue weighted by molar-refractivity contribution is 0.340. The molecule has 1 aromatic carbocycles. The van der Waals surface area contributed by atoms with Gasteiger partial charge in [0.25, 0.3) is 0 Å². The zero-order valence-corrected chi connectivity index (χ0v) is 12.6. The van der Waals surface area contributed by atoms with Crippen LogP contribution in [-0.4, -0.2) is 11.6 Å². The number of aromatic nitrogens is 1. The Hall–Kier alpha value is -1.07. The zero-order chi connectivity index (χ0) is 13.0. The molecule has 0 aliphatic rings. The van der Waals surface area contributed by atoms with Crippen LogP contribution in [0.5, 0.6) is 5.75 Å². The van der Waals surface area contributed by atoms with Crippen molar-refractivity contribution >= 4 is 32.4 Å². The van der Waals surface area contributed by atoms with E-state index in [1.807, 2.05) is 19.1 Å². The van der Waals surface area contributed by atoms with Crippen molar-refractivity contribution in [3.63, 3.8) is 0 Å². The molecule has 18 heavy (non-hydrogen) atoms. The summed E-state index contributed by atoms with van der Waals surface area (Å²) in [4.78, 5) is 4.30. The van der Waals surface area contributed by atoms with E-state index < -0.39 is 0 Å². The first-order valence-electron chi connectivity index (χ1n) is 5.81. The summed E-state index contributed by atoms with van der Waals surface area (Å²) < 4.78 is 6.51. The second kappa shape index (κ2) is 6.20. The van der Waals surface area contributed by atoms with E-state index in [2.05, 4.69) is 33.0 Å². The summed E-state index contributed by atoms with van der Waals surface area (Å²) in [7, 11) is 0. The smallest absolute Gasteiger partial charge is 0.181 e. The predicted octanol–water partition coefficient (Wildman–Crippen LogP) is 3.67. The zero-order valence-electron chi connectivity index (χ0n) is 10.1. The number of halogens is 1. The summed E-state index contributed by atoms with van der Waals surface area (Å²) in [6.45, 7) is 2.68. The molecule has 0 saturated carbocycles. The van der Waals surface area contributed by atoms with E-state index in [4.69, 9.17) is 10.5 Å². The molecule has 0 aliphatic carbocycles. The van der Waals surface area contributed by atoms with Gasteiger partial charge in [0.15, 0.2) is 5.13 Å². The van der Waals surface area contributed by atoms with E-state index in [1.54, 1.807) is 0 Å². The van der Waals surface area contributed by atoms with Crippen LogP contribution in [0.2, 0.25) is 0 Å². The van der Waals surface area contributed by atoms with Crippen LogP contribution in [0.25, 0.3) is 0 Å². The summed E-state index contributed by atoms with van der Waals surface area (Å²) in [5.41, 5.74) is 7.95. The van der Waals surface area contributed by atoms with Crippen molar-refractivity contribution < 1.29 is 4.74 Å². The Balaban J connectivity index is 2.01. The number of thiazole rings is 1. The van der Waals surface area contributed by atoms with Gasteiger partial charge in [0, 0.05) is 0 Å². The monoisotopic (exact) mass is 326 g/mol. The summed E-state index contributed by atoms with van der Waals surface area (Å²) in [6.07, 6.45) is 1.81. The molecule has 0 fully saturated rings. The molecule has 1 aromatic heterocycles. The molecule has 0 saturated heterocycles. The first-order chi connectivity index (χ1) is 8.69. The van der Waals surface area contributed by atoms with Crippen LogP contribution in [0, 0.1) is 0 Å². The van der Waals surface area contributed by atoms with Gasteiger partial charge >= 0.3 is 0 Å². The first-order valence-corrected chi connectivity index (χ1v) is 7.42. The molecule has 0 unspecified atom stereocenters. The fraction of sp³-hybridized carbons (Fsp3) is 0.308. The van der Waals surface area contributed by atoms with Crippen molar-refractivity contribution in [3.8, 4) is 5.75 Å². The molecule has 0 atom stereocenters. The molecule has 2 aromatic rings. The lowest BCUT2D eigenvalue weighted by Gasteiger charge is -2.05. The highest BCUT2D eigenvalue weighted by molar-refractivity contribution is 9.11. The summed E-state index contributed by atoms with van der Waals surface area (Å²) in [5.74, 6) is 0.923. The highest BCUT2D eigenvalue weighted by atomic mass is 79.9. The molecule has 2 N–H and O–H groups in total. The van der Waals surface area contributed by atoms with Crippen LogP contribution < -0.4 is 10.5 Å². The maximum atomic E-state index is 5.67. The first kappa shape index (κ1) is 13.4. The second-order valence-corrected chi connectivity index (χ2v) is 6.20. The van der Waals surface area contributed by atoms with Gasteiger partial charge < -0.3 is 10.5 Å². The summed E-state index contributed by atoms with van der Waals surface area (Å²) >= 11 is 4.96. The molecule has 1 heterocycles. The minimum absolute atomic E-state index is 0.611. The largest absolute Gasteiger partial charge is 0.494 e. The topological polar surface area (TPSA) is 48.1 Å². The molecule has 0 amide bonds.